The predicted octanol–water partition coefficient (Wildman–Crippen LogP) is 4.68. The maximum atomic E-state index is 13.1. The van der Waals surface area contributed by atoms with E-state index < -0.39 is 5.54 Å². The zero-order valence-corrected chi connectivity index (χ0v) is 18.0. The Kier molecular flexibility index (Phi) is 6.50. The van der Waals surface area contributed by atoms with Gasteiger partial charge in [-0.05, 0) is 39.2 Å². The second-order valence-electron chi connectivity index (χ2n) is 7.22. The van der Waals surface area contributed by atoms with E-state index in [9.17, 15) is 9.59 Å². The molecule has 1 aliphatic carbocycles. The third kappa shape index (κ3) is 3.85. The fraction of sp³-hybridized carbons (Fsp3) is 0.476. The van der Waals surface area contributed by atoms with Gasteiger partial charge in [-0.25, -0.2) is 0 Å². The SMILES string of the molecule is Cc1noc(C)c1CSCC(=O)N(C)C1(c2ccccc2Cl)CCCCC1=O. The van der Waals surface area contributed by atoms with Gasteiger partial charge in [-0.15, -0.1) is 11.8 Å². The number of aryl methyl sites for hydroxylation is 2. The van der Waals surface area contributed by atoms with Crippen molar-refractivity contribution in [2.45, 2.75) is 50.8 Å². The van der Waals surface area contributed by atoms with Crippen LogP contribution < -0.4 is 0 Å². The molecule has 28 heavy (non-hydrogen) atoms. The van der Waals surface area contributed by atoms with Gasteiger partial charge in [0.2, 0.25) is 5.91 Å². The normalized spacial score (nSPS) is 19.6. The molecule has 1 saturated carbocycles. The maximum Gasteiger partial charge on any atom is 0.233 e. The lowest BCUT2D eigenvalue weighted by atomic mass is 9.74. The first kappa shape index (κ1) is 20.9. The number of nitrogens with zero attached hydrogens (tertiary/aromatic N) is 2. The molecule has 0 aliphatic heterocycles. The molecule has 7 heteroatoms. The van der Waals surface area contributed by atoms with Crippen molar-refractivity contribution in [3.63, 3.8) is 0 Å². The van der Waals surface area contributed by atoms with Crippen LogP contribution in [0.15, 0.2) is 28.8 Å². The van der Waals surface area contributed by atoms with Gasteiger partial charge in [-0.1, -0.05) is 35.0 Å². The number of rotatable bonds is 6. The average molecular weight is 421 g/mol. The van der Waals surface area contributed by atoms with Crippen LogP contribution in [0, 0.1) is 13.8 Å². The molecule has 1 aromatic carbocycles. The molecule has 1 aromatic heterocycles. The number of Topliss-reactive ketones (excluding diaryl/α,β-unsaturated/α-hetero) is 1. The number of aromatic nitrogens is 1. The second kappa shape index (κ2) is 8.70. The van der Waals surface area contributed by atoms with Gasteiger partial charge in [0.25, 0.3) is 0 Å². The summed E-state index contributed by atoms with van der Waals surface area (Å²) in [6.45, 7) is 3.77. The van der Waals surface area contributed by atoms with Crippen LogP contribution >= 0.6 is 23.4 Å². The Labute approximate surface area is 174 Å². The molecule has 0 bridgehead atoms. The van der Waals surface area contributed by atoms with E-state index in [0.717, 1.165) is 35.4 Å². The first-order valence-corrected chi connectivity index (χ1v) is 11.0. The molecular weight excluding hydrogens is 396 g/mol. The quantitative estimate of drug-likeness (QED) is 0.679. The van der Waals surface area contributed by atoms with E-state index >= 15 is 0 Å². The maximum absolute atomic E-state index is 13.1. The standard InChI is InChI=1S/C21H25ClN2O3S/c1-14-16(15(2)27-23-14)12-28-13-20(26)24(3)21(11-7-6-10-19(21)25)17-8-4-5-9-18(17)22/h4-5,8-9H,6-7,10-13H2,1-3H3. The van der Waals surface area contributed by atoms with E-state index in [1.165, 1.54) is 11.8 Å². The third-order valence-corrected chi connectivity index (χ3v) is 6.85. The molecule has 1 unspecified atom stereocenters. The van der Waals surface area contributed by atoms with Crippen LogP contribution in [-0.2, 0) is 20.9 Å². The van der Waals surface area contributed by atoms with E-state index in [0.29, 0.717) is 23.6 Å². The lowest BCUT2D eigenvalue weighted by molar-refractivity contribution is -0.146. The molecule has 150 valence electrons. The summed E-state index contributed by atoms with van der Waals surface area (Å²) in [5.74, 6) is 1.69. The Bertz CT molecular complexity index is 863. The minimum Gasteiger partial charge on any atom is -0.361 e. The Balaban J connectivity index is 1.79. The van der Waals surface area contributed by atoms with Gasteiger partial charge in [-0.2, -0.15) is 0 Å². The number of ketones is 1. The van der Waals surface area contributed by atoms with Crippen molar-refractivity contribution in [2.75, 3.05) is 12.8 Å². The zero-order chi connectivity index (χ0) is 20.3. The van der Waals surface area contributed by atoms with Crippen molar-refractivity contribution in [3.05, 3.63) is 51.9 Å². The highest BCUT2D eigenvalue weighted by atomic mass is 35.5. The number of likely N-dealkylation sites (N-methyl/N-ethyl adjacent to an activating group) is 1. The predicted molar refractivity (Wildman–Crippen MR) is 112 cm³/mol. The number of thioether (sulfide) groups is 1. The van der Waals surface area contributed by atoms with Gasteiger partial charge in [0.15, 0.2) is 5.78 Å². The van der Waals surface area contributed by atoms with Crippen LogP contribution in [0.2, 0.25) is 5.02 Å². The molecule has 0 spiro atoms. The first-order valence-electron chi connectivity index (χ1n) is 9.42. The highest BCUT2D eigenvalue weighted by Crippen LogP contribution is 2.42. The van der Waals surface area contributed by atoms with Gasteiger partial charge in [0.1, 0.15) is 11.3 Å². The van der Waals surface area contributed by atoms with Crippen molar-refractivity contribution in [2.24, 2.45) is 0 Å². The highest BCUT2D eigenvalue weighted by molar-refractivity contribution is 7.99. The lowest BCUT2D eigenvalue weighted by Crippen LogP contribution is -2.54. The molecular formula is C21H25ClN2O3S. The molecule has 3 rings (SSSR count). The molecule has 0 N–H and O–H groups in total. The monoisotopic (exact) mass is 420 g/mol. The molecule has 5 nitrogen and oxygen atoms in total. The Hall–Kier alpha value is -1.79. The number of amides is 1. The van der Waals surface area contributed by atoms with Gasteiger partial charge < -0.3 is 9.42 Å². The van der Waals surface area contributed by atoms with Crippen molar-refractivity contribution in [3.8, 4) is 0 Å². The Morgan fingerprint density at radius 1 is 1.32 bits per heavy atom. The summed E-state index contributed by atoms with van der Waals surface area (Å²) in [5.41, 5.74) is 1.63. The number of benzene rings is 1. The third-order valence-electron chi connectivity index (χ3n) is 5.57. The number of hydrogen-bond donors (Lipinski definition) is 0. The number of carbonyl (C=O) groups is 2. The van der Waals surface area contributed by atoms with Crippen molar-refractivity contribution < 1.29 is 14.1 Å². The van der Waals surface area contributed by atoms with Crippen molar-refractivity contribution in [1.82, 2.24) is 10.1 Å². The number of halogens is 1. The lowest BCUT2D eigenvalue weighted by Gasteiger charge is -2.44. The van der Waals surface area contributed by atoms with Gasteiger partial charge in [0, 0.05) is 35.4 Å². The van der Waals surface area contributed by atoms with E-state index in [2.05, 4.69) is 5.16 Å². The minimum absolute atomic E-state index is 0.0680. The van der Waals surface area contributed by atoms with Crippen LogP contribution in [-0.4, -0.2) is 34.5 Å². The van der Waals surface area contributed by atoms with Gasteiger partial charge in [-0.3, -0.25) is 9.59 Å². The van der Waals surface area contributed by atoms with E-state index in [-0.39, 0.29) is 17.4 Å². The Morgan fingerprint density at radius 3 is 2.71 bits per heavy atom. The van der Waals surface area contributed by atoms with Crippen LogP contribution in [0.3, 0.4) is 0 Å². The minimum atomic E-state index is -0.975. The molecule has 0 radical (unpaired) electrons. The molecule has 2 aromatic rings. The molecule has 1 heterocycles. The molecule has 1 amide bonds. The van der Waals surface area contributed by atoms with Crippen molar-refractivity contribution >= 4 is 35.1 Å². The number of carbonyl (C=O) groups excluding carboxylic acids is 2. The van der Waals surface area contributed by atoms with Crippen LogP contribution in [0.1, 0.15) is 48.3 Å². The topological polar surface area (TPSA) is 63.4 Å². The molecule has 0 saturated heterocycles. The van der Waals surface area contributed by atoms with E-state index in [1.807, 2.05) is 32.0 Å². The Morgan fingerprint density at radius 2 is 2.07 bits per heavy atom. The van der Waals surface area contributed by atoms with Crippen LogP contribution in [0.25, 0.3) is 0 Å². The summed E-state index contributed by atoms with van der Waals surface area (Å²) >= 11 is 7.96. The summed E-state index contributed by atoms with van der Waals surface area (Å²) in [7, 11) is 1.73. The zero-order valence-electron chi connectivity index (χ0n) is 16.5. The van der Waals surface area contributed by atoms with Crippen molar-refractivity contribution in [1.29, 1.82) is 0 Å². The van der Waals surface area contributed by atoms with Crippen LogP contribution in [0.4, 0.5) is 0 Å². The summed E-state index contributed by atoms with van der Waals surface area (Å²) < 4.78 is 5.18. The largest absolute Gasteiger partial charge is 0.361 e. The summed E-state index contributed by atoms with van der Waals surface area (Å²) in [6.07, 6.45) is 2.82. The molecule has 1 atom stereocenters. The fourth-order valence-electron chi connectivity index (χ4n) is 3.89. The van der Waals surface area contributed by atoms with Gasteiger partial charge >= 0.3 is 0 Å². The summed E-state index contributed by atoms with van der Waals surface area (Å²) in [6, 6.07) is 7.36. The van der Waals surface area contributed by atoms with E-state index in [1.54, 1.807) is 18.0 Å². The molecule has 1 fully saturated rings. The molecule has 1 aliphatic rings. The summed E-state index contributed by atoms with van der Waals surface area (Å²) in [4.78, 5) is 27.8. The van der Waals surface area contributed by atoms with Crippen LogP contribution in [0.5, 0.6) is 0 Å². The highest BCUT2D eigenvalue weighted by Gasteiger charge is 2.47. The van der Waals surface area contributed by atoms with E-state index in [4.69, 9.17) is 16.1 Å². The average Bonchev–Trinajstić information content (AvgIpc) is 3.00. The first-order chi connectivity index (χ1) is 13.4. The summed E-state index contributed by atoms with van der Waals surface area (Å²) in [5, 5.41) is 4.48. The number of hydrogen-bond acceptors (Lipinski definition) is 5. The van der Waals surface area contributed by atoms with Gasteiger partial charge in [0.05, 0.1) is 11.4 Å². The second-order valence-corrected chi connectivity index (χ2v) is 8.61. The smallest absolute Gasteiger partial charge is 0.233 e. The fourth-order valence-corrected chi connectivity index (χ4v) is 5.27.